The molecule has 0 aromatic carbocycles. The molecular weight excluding hydrogens is 480 g/mol. The number of rotatable bonds is 21. The maximum absolute atomic E-state index is 12.6. The van der Waals surface area contributed by atoms with E-state index in [1.165, 1.54) is 0 Å². The molecule has 1 unspecified atom stereocenters. The fraction of sp³-hybridized carbons (Fsp3) is 0.808. The van der Waals surface area contributed by atoms with Gasteiger partial charge in [-0.1, -0.05) is 18.1 Å². The van der Waals surface area contributed by atoms with Crippen LogP contribution < -0.4 is 5.48 Å². The summed E-state index contributed by atoms with van der Waals surface area (Å²) in [5, 5.41) is 17.2. The average molecular weight is 527 g/mol. The zero-order valence-electron chi connectivity index (χ0n) is 23.0. The number of ether oxygens (including phenoxy) is 2. The van der Waals surface area contributed by atoms with Gasteiger partial charge in [0.05, 0.1) is 18.2 Å². The highest BCUT2D eigenvalue weighted by molar-refractivity contribution is 5.72. The zero-order valence-corrected chi connectivity index (χ0v) is 23.0. The maximum Gasteiger partial charge on any atom is 0.324 e. The van der Waals surface area contributed by atoms with Gasteiger partial charge in [0, 0.05) is 45.7 Å². The van der Waals surface area contributed by atoms with Crippen molar-refractivity contribution in [2.75, 3.05) is 20.3 Å². The van der Waals surface area contributed by atoms with Crippen molar-refractivity contribution in [1.29, 1.82) is 0 Å². The lowest BCUT2D eigenvalue weighted by atomic mass is 9.93. The SMILES string of the molecule is CCOC(=O)C(CCCC(C)(C)OC(=O)CCCCCO)Cc1cn(CCCCCC(=O)ONC)nn1. The van der Waals surface area contributed by atoms with Gasteiger partial charge in [-0.05, 0) is 65.7 Å². The van der Waals surface area contributed by atoms with Crippen LogP contribution in [0.4, 0.5) is 0 Å². The van der Waals surface area contributed by atoms with E-state index in [0.29, 0.717) is 64.5 Å². The summed E-state index contributed by atoms with van der Waals surface area (Å²) in [6.45, 7) is 6.67. The first-order chi connectivity index (χ1) is 17.7. The van der Waals surface area contributed by atoms with Gasteiger partial charge in [-0.25, -0.2) is 0 Å². The van der Waals surface area contributed by atoms with Crippen LogP contribution in [0, 0.1) is 5.92 Å². The second kappa shape index (κ2) is 18.7. The number of aliphatic hydroxyl groups excluding tert-OH is 1. The molecule has 0 radical (unpaired) electrons. The fourth-order valence-electron chi connectivity index (χ4n) is 3.98. The van der Waals surface area contributed by atoms with Crippen molar-refractivity contribution >= 4 is 17.9 Å². The van der Waals surface area contributed by atoms with Crippen LogP contribution in [0.25, 0.3) is 0 Å². The number of aromatic nitrogens is 3. The molecule has 0 aliphatic heterocycles. The molecule has 0 aliphatic rings. The molecule has 0 aliphatic carbocycles. The molecule has 1 aromatic rings. The normalized spacial score (nSPS) is 12.2. The van der Waals surface area contributed by atoms with E-state index < -0.39 is 5.60 Å². The van der Waals surface area contributed by atoms with E-state index in [2.05, 4.69) is 20.6 Å². The second-order valence-corrected chi connectivity index (χ2v) is 9.78. The molecule has 1 rings (SSSR count). The van der Waals surface area contributed by atoms with Crippen molar-refractivity contribution in [1.82, 2.24) is 20.5 Å². The van der Waals surface area contributed by atoms with Gasteiger partial charge in [-0.15, -0.1) is 5.10 Å². The summed E-state index contributed by atoms with van der Waals surface area (Å²) in [5.74, 6) is -1.12. The standard InChI is InChI=1S/C26H46N4O7/c1-5-35-25(34)21(13-12-16-26(2,3)36-23(32)14-9-7-11-18-31)19-22-20-30(29-28-22)17-10-6-8-15-24(33)37-27-4/h20-21,27,31H,5-19H2,1-4H3. The Hall–Kier alpha value is -2.53. The number of hydrogen-bond donors (Lipinski definition) is 2. The molecule has 0 saturated heterocycles. The number of esters is 2. The average Bonchev–Trinajstić information content (AvgIpc) is 3.28. The van der Waals surface area contributed by atoms with E-state index in [1.54, 1.807) is 18.7 Å². The molecule has 11 nitrogen and oxygen atoms in total. The van der Waals surface area contributed by atoms with E-state index in [4.69, 9.17) is 14.6 Å². The van der Waals surface area contributed by atoms with Crippen LogP contribution in [0.2, 0.25) is 0 Å². The summed E-state index contributed by atoms with van der Waals surface area (Å²) in [4.78, 5) is 40.7. The molecule has 37 heavy (non-hydrogen) atoms. The number of carbonyl (C=O) groups excluding carboxylic acids is 3. The van der Waals surface area contributed by atoms with Gasteiger partial charge in [-0.2, -0.15) is 5.48 Å². The van der Waals surface area contributed by atoms with Crippen molar-refractivity contribution in [2.24, 2.45) is 5.92 Å². The minimum atomic E-state index is -0.625. The number of nitrogens with zero attached hydrogens (tertiary/aromatic N) is 3. The molecule has 0 fully saturated rings. The molecule has 1 aromatic heterocycles. The summed E-state index contributed by atoms with van der Waals surface area (Å²) in [7, 11) is 1.55. The van der Waals surface area contributed by atoms with Gasteiger partial charge in [0.15, 0.2) is 0 Å². The first kappa shape index (κ1) is 32.5. The van der Waals surface area contributed by atoms with Crippen LogP contribution >= 0.6 is 0 Å². The van der Waals surface area contributed by atoms with E-state index in [-0.39, 0.29) is 30.4 Å². The predicted molar refractivity (Wildman–Crippen MR) is 137 cm³/mol. The monoisotopic (exact) mass is 526 g/mol. The number of unbranched alkanes of at least 4 members (excludes halogenated alkanes) is 4. The molecule has 11 heteroatoms. The lowest BCUT2D eigenvalue weighted by Gasteiger charge is -2.26. The molecule has 1 atom stereocenters. The number of nitrogens with one attached hydrogen (secondary N) is 1. The summed E-state index contributed by atoms with van der Waals surface area (Å²) in [6.07, 6.45) is 9.54. The lowest BCUT2D eigenvalue weighted by molar-refractivity contribution is -0.158. The van der Waals surface area contributed by atoms with Crippen LogP contribution in [-0.2, 0) is 41.7 Å². The maximum atomic E-state index is 12.6. The Balaban J connectivity index is 2.49. The third kappa shape index (κ3) is 15.3. The van der Waals surface area contributed by atoms with Crippen molar-refractivity contribution in [3.8, 4) is 0 Å². The summed E-state index contributed by atoms with van der Waals surface area (Å²) in [5.41, 5.74) is 2.48. The quantitative estimate of drug-likeness (QED) is 0.106. The van der Waals surface area contributed by atoms with Crippen molar-refractivity contribution < 1.29 is 33.8 Å². The molecule has 0 spiro atoms. The molecule has 0 bridgehead atoms. The molecule has 2 N–H and O–H groups in total. The second-order valence-electron chi connectivity index (χ2n) is 9.78. The zero-order chi connectivity index (χ0) is 27.5. The topological polar surface area (TPSA) is 142 Å². The number of hydroxylamine groups is 1. The van der Waals surface area contributed by atoms with E-state index >= 15 is 0 Å². The van der Waals surface area contributed by atoms with Gasteiger partial charge in [-0.3, -0.25) is 19.1 Å². The number of hydrogen-bond acceptors (Lipinski definition) is 10. The van der Waals surface area contributed by atoms with E-state index in [0.717, 1.165) is 31.4 Å². The highest BCUT2D eigenvalue weighted by atomic mass is 16.7. The Labute approximate surface area is 220 Å². The van der Waals surface area contributed by atoms with Gasteiger partial charge in [0.2, 0.25) is 0 Å². The molecule has 212 valence electrons. The Kier molecular flexibility index (Phi) is 16.4. The molecule has 0 saturated carbocycles. The number of aliphatic hydroxyl groups is 1. The Morgan fingerprint density at radius 1 is 1.05 bits per heavy atom. The molecule has 1 heterocycles. The van der Waals surface area contributed by atoms with Gasteiger partial charge in [0.1, 0.15) is 5.60 Å². The van der Waals surface area contributed by atoms with Gasteiger partial charge in [0.25, 0.3) is 0 Å². The Morgan fingerprint density at radius 2 is 1.76 bits per heavy atom. The first-order valence-corrected chi connectivity index (χ1v) is 13.5. The van der Waals surface area contributed by atoms with Crippen LogP contribution in [0.3, 0.4) is 0 Å². The van der Waals surface area contributed by atoms with E-state index in [9.17, 15) is 14.4 Å². The molecule has 0 amide bonds. The van der Waals surface area contributed by atoms with Crippen molar-refractivity contribution in [2.45, 2.75) is 110 Å². The van der Waals surface area contributed by atoms with Crippen LogP contribution in [0.1, 0.15) is 97.1 Å². The Bertz CT molecular complexity index is 798. The summed E-state index contributed by atoms with van der Waals surface area (Å²) in [6, 6.07) is 0. The minimum absolute atomic E-state index is 0.134. The van der Waals surface area contributed by atoms with Crippen LogP contribution in [0.15, 0.2) is 6.20 Å². The third-order valence-electron chi connectivity index (χ3n) is 5.91. The summed E-state index contributed by atoms with van der Waals surface area (Å²) < 4.78 is 12.7. The van der Waals surface area contributed by atoms with Gasteiger partial charge < -0.3 is 19.4 Å². The third-order valence-corrected chi connectivity index (χ3v) is 5.91. The minimum Gasteiger partial charge on any atom is -0.466 e. The highest BCUT2D eigenvalue weighted by Crippen LogP contribution is 2.23. The lowest BCUT2D eigenvalue weighted by Crippen LogP contribution is -2.29. The summed E-state index contributed by atoms with van der Waals surface area (Å²) >= 11 is 0. The van der Waals surface area contributed by atoms with E-state index in [1.807, 2.05) is 20.0 Å². The van der Waals surface area contributed by atoms with Crippen LogP contribution in [0.5, 0.6) is 0 Å². The smallest absolute Gasteiger partial charge is 0.324 e. The van der Waals surface area contributed by atoms with Crippen molar-refractivity contribution in [3.05, 3.63) is 11.9 Å². The highest BCUT2D eigenvalue weighted by Gasteiger charge is 2.26. The van der Waals surface area contributed by atoms with Gasteiger partial charge >= 0.3 is 17.9 Å². The van der Waals surface area contributed by atoms with Crippen molar-refractivity contribution in [3.63, 3.8) is 0 Å². The number of carbonyl (C=O) groups is 3. The largest absolute Gasteiger partial charge is 0.466 e. The Morgan fingerprint density at radius 3 is 2.43 bits per heavy atom. The first-order valence-electron chi connectivity index (χ1n) is 13.5. The molecular formula is C26H46N4O7. The number of aryl methyl sites for hydroxylation is 1. The fourth-order valence-corrected chi connectivity index (χ4v) is 3.98. The van der Waals surface area contributed by atoms with Crippen LogP contribution in [-0.4, -0.2) is 63.9 Å². The predicted octanol–water partition coefficient (Wildman–Crippen LogP) is 3.28.